The predicted octanol–water partition coefficient (Wildman–Crippen LogP) is 1.96. The lowest BCUT2D eigenvalue weighted by molar-refractivity contribution is -0.424. The zero-order valence-corrected chi connectivity index (χ0v) is 19.6. The topological polar surface area (TPSA) is 90.2 Å². The molecule has 1 saturated heterocycles. The van der Waals surface area contributed by atoms with Crippen molar-refractivity contribution < 1.29 is 14.5 Å². The van der Waals surface area contributed by atoms with E-state index in [0.29, 0.717) is 49.8 Å². The van der Waals surface area contributed by atoms with Gasteiger partial charge in [0.25, 0.3) is 5.91 Å². The Hall–Kier alpha value is -2.46. The molecule has 0 N–H and O–H groups in total. The summed E-state index contributed by atoms with van der Waals surface area (Å²) < 4.78 is 0. The van der Waals surface area contributed by atoms with E-state index in [0.717, 1.165) is 25.7 Å². The van der Waals surface area contributed by atoms with Crippen LogP contribution >= 0.6 is 11.3 Å². The number of rotatable bonds is 6. The summed E-state index contributed by atoms with van der Waals surface area (Å²) in [7, 11) is 3.89. The van der Waals surface area contributed by atoms with Gasteiger partial charge in [0.2, 0.25) is 0 Å². The Morgan fingerprint density at radius 2 is 1.94 bits per heavy atom. The molecule has 2 aliphatic heterocycles. The van der Waals surface area contributed by atoms with Crippen LogP contribution in [0.15, 0.2) is 28.9 Å². The molecule has 2 unspecified atom stereocenters. The van der Waals surface area contributed by atoms with Crippen molar-refractivity contribution in [1.82, 2.24) is 19.6 Å². The van der Waals surface area contributed by atoms with Crippen LogP contribution in [0, 0.1) is 16.0 Å². The highest BCUT2D eigenvalue weighted by Crippen LogP contribution is 2.41. The second kappa shape index (κ2) is 9.58. The maximum Gasteiger partial charge on any atom is 0.352 e. The molecular formula is C22H31N5O4S. The van der Waals surface area contributed by atoms with Crippen LogP contribution in [0.4, 0.5) is 0 Å². The molecule has 32 heavy (non-hydrogen) atoms. The molecule has 0 spiro atoms. The quantitative estimate of drug-likeness (QED) is 0.475. The summed E-state index contributed by atoms with van der Waals surface area (Å²) in [4.78, 5) is 45.9. The third kappa shape index (κ3) is 4.38. The molecule has 3 heterocycles. The van der Waals surface area contributed by atoms with Crippen LogP contribution in [0.2, 0.25) is 0 Å². The summed E-state index contributed by atoms with van der Waals surface area (Å²) in [5, 5.41) is 14.0. The van der Waals surface area contributed by atoms with E-state index in [1.54, 1.807) is 9.80 Å². The summed E-state index contributed by atoms with van der Waals surface area (Å²) >= 11 is 1.42. The highest BCUT2D eigenvalue weighted by molar-refractivity contribution is 7.12. The second-order valence-electron chi connectivity index (χ2n) is 9.01. The molecular weight excluding hydrogens is 430 g/mol. The van der Waals surface area contributed by atoms with E-state index in [1.165, 1.54) is 11.3 Å². The molecule has 0 radical (unpaired) electrons. The fraction of sp³-hybridized carbons (Fsp3) is 0.636. The van der Waals surface area contributed by atoms with E-state index >= 15 is 0 Å². The smallest absolute Gasteiger partial charge is 0.352 e. The summed E-state index contributed by atoms with van der Waals surface area (Å²) in [5.74, 6) is -0.455. The number of likely N-dealkylation sites (N-methyl/N-ethyl adjacent to an activating group) is 1. The van der Waals surface area contributed by atoms with Gasteiger partial charge in [0, 0.05) is 51.2 Å². The Morgan fingerprint density at radius 3 is 2.56 bits per heavy atom. The highest BCUT2D eigenvalue weighted by Gasteiger charge is 2.49. The van der Waals surface area contributed by atoms with Crippen molar-refractivity contribution in [1.29, 1.82) is 0 Å². The molecule has 10 heteroatoms. The van der Waals surface area contributed by atoms with E-state index in [2.05, 4.69) is 0 Å². The molecule has 0 aromatic carbocycles. The average molecular weight is 462 g/mol. The van der Waals surface area contributed by atoms with E-state index in [1.807, 2.05) is 41.4 Å². The van der Waals surface area contributed by atoms with Gasteiger partial charge in [-0.05, 0) is 38.4 Å². The van der Waals surface area contributed by atoms with Gasteiger partial charge in [-0.2, -0.15) is 0 Å². The number of carbonyl (C=O) groups is 2. The number of hydrogen-bond acceptors (Lipinski definition) is 7. The number of carbonyl (C=O) groups excluding carboxylic acids is 2. The first-order valence-corrected chi connectivity index (χ1v) is 12.2. The fourth-order valence-corrected chi connectivity index (χ4v) is 5.90. The number of nitro groups is 1. The molecule has 2 amide bonds. The summed E-state index contributed by atoms with van der Waals surface area (Å²) in [6.07, 6.45) is 3.80. The summed E-state index contributed by atoms with van der Waals surface area (Å²) in [6, 6.07) is 3.70. The Kier molecular flexibility index (Phi) is 6.80. The average Bonchev–Trinajstić information content (AvgIpc) is 3.32. The first-order valence-electron chi connectivity index (χ1n) is 11.3. The zero-order chi connectivity index (χ0) is 22.8. The maximum atomic E-state index is 13.3. The predicted molar refractivity (Wildman–Crippen MR) is 122 cm³/mol. The fourth-order valence-electron chi connectivity index (χ4n) is 5.21. The van der Waals surface area contributed by atoms with E-state index < -0.39 is 10.8 Å². The third-order valence-electron chi connectivity index (χ3n) is 6.80. The minimum Gasteiger partial charge on any atom is -0.365 e. The Labute approximate surface area is 192 Å². The number of amides is 2. The maximum absolute atomic E-state index is 13.3. The lowest BCUT2D eigenvalue weighted by Gasteiger charge is -2.47. The van der Waals surface area contributed by atoms with Crippen molar-refractivity contribution in [2.75, 3.05) is 53.4 Å². The normalized spacial score (nSPS) is 24.2. The van der Waals surface area contributed by atoms with Gasteiger partial charge in [0.05, 0.1) is 9.80 Å². The minimum atomic E-state index is -0.478. The monoisotopic (exact) mass is 461 g/mol. The largest absolute Gasteiger partial charge is 0.365 e. The van der Waals surface area contributed by atoms with E-state index in [4.69, 9.17) is 0 Å². The molecule has 0 bridgehead atoms. The molecule has 1 aromatic rings. The Balaban J connectivity index is 1.58. The van der Waals surface area contributed by atoms with Gasteiger partial charge in [0.15, 0.2) is 0 Å². The third-order valence-corrected chi connectivity index (χ3v) is 7.66. The standard InChI is InChI=1S/C22H31N5O4S/c1-23(2)9-14-26-17-7-4-3-6-16(17)19(20(22(26)29)27(30)31)24-10-12-25(13-11-24)21(28)18-8-5-15-32-18/h5,8,15-17H,3-4,6-7,9-14H2,1-2H3. The molecule has 1 aromatic heterocycles. The van der Waals surface area contributed by atoms with Crippen molar-refractivity contribution in [3.63, 3.8) is 0 Å². The zero-order valence-electron chi connectivity index (χ0n) is 18.7. The van der Waals surface area contributed by atoms with Gasteiger partial charge < -0.3 is 19.6 Å². The van der Waals surface area contributed by atoms with Crippen LogP contribution in [0.25, 0.3) is 0 Å². The molecule has 1 aliphatic carbocycles. The molecule has 3 aliphatic rings. The van der Waals surface area contributed by atoms with Gasteiger partial charge in [-0.3, -0.25) is 19.7 Å². The summed E-state index contributed by atoms with van der Waals surface area (Å²) in [5.41, 5.74) is 0.346. The van der Waals surface area contributed by atoms with Crippen molar-refractivity contribution in [2.45, 2.75) is 31.7 Å². The van der Waals surface area contributed by atoms with Crippen LogP contribution in [-0.2, 0) is 4.79 Å². The molecule has 9 nitrogen and oxygen atoms in total. The lowest BCUT2D eigenvalue weighted by atomic mass is 9.77. The van der Waals surface area contributed by atoms with Crippen LogP contribution in [0.3, 0.4) is 0 Å². The number of nitrogens with zero attached hydrogens (tertiary/aromatic N) is 5. The number of thiophene rings is 1. The van der Waals surface area contributed by atoms with Gasteiger partial charge in [0.1, 0.15) is 5.70 Å². The Morgan fingerprint density at radius 1 is 1.22 bits per heavy atom. The van der Waals surface area contributed by atoms with Gasteiger partial charge in [-0.25, -0.2) is 0 Å². The first-order chi connectivity index (χ1) is 15.4. The van der Waals surface area contributed by atoms with Crippen molar-refractivity contribution in [2.24, 2.45) is 5.92 Å². The van der Waals surface area contributed by atoms with E-state index in [9.17, 15) is 19.7 Å². The number of fused-ring (bicyclic) bond motifs is 1. The van der Waals surface area contributed by atoms with Crippen molar-refractivity contribution in [3.8, 4) is 0 Å². The summed E-state index contributed by atoms with van der Waals surface area (Å²) in [6.45, 7) is 3.21. The highest BCUT2D eigenvalue weighted by atomic mass is 32.1. The van der Waals surface area contributed by atoms with Crippen LogP contribution in [0.5, 0.6) is 0 Å². The molecule has 2 atom stereocenters. The Bertz CT molecular complexity index is 892. The van der Waals surface area contributed by atoms with Gasteiger partial charge in [-0.1, -0.05) is 18.9 Å². The van der Waals surface area contributed by atoms with Gasteiger partial charge in [-0.15, -0.1) is 11.3 Å². The number of hydrogen-bond donors (Lipinski definition) is 0. The molecule has 174 valence electrons. The van der Waals surface area contributed by atoms with Crippen molar-refractivity contribution in [3.05, 3.63) is 43.9 Å². The lowest BCUT2D eigenvalue weighted by Crippen LogP contribution is -2.58. The molecule has 2 fully saturated rings. The minimum absolute atomic E-state index is 0.00764. The first kappa shape index (κ1) is 22.7. The van der Waals surface area contributed by atoms with Crippen LogP contribution in [-0.4, -0.2) is 95.7 Å². The van der Waals surface area contributed by atoms with Crippen LogP contribution in [0.1, 0.15) is 35.4 Å². The van der Waals surface area contributed by atoms with E-state index in [-0.39, 0.29) is 23.6 Å². The van der Waals surface area contributed by atoms with Gasteiger partial charge >= 0.3 is 11.6 Å². The van der Waals surface area contributed by atoms with Crippen LogP contribution < -0.4 is 0 Å². The van der Waals surface area contributed by atoms with Crippen molar-refractivity contribution >= 4 is 23.2 Å². The molecule has 1 saturated carbocycles. The SMILES string of the molecule is CN(C)CCN1C(=O)C([N+](=O)[O-])=C(N2CCN(C(=O)c3cccs3)CC2)C2CCCCC21. The molecule has 4 rings (SSSR count). The number of piperazine rings is 1. The second-order valence-corrected chi connectivity index (χ2v) is 9.96.